The van der Waals surface area contributed by atoms with Gasteiger partial charge in [-0.05, 0) is 44.7 Å². The molecule has 4 rings (SSSR count). The number of anilines is 1. The van der Waals surface area contributed by atoms with Gasteiger partial charge in [-0.3, -0.25) is 4.79 Å². The third kappa shape index (κ3) is 4.45. The van der Waals surface area contributed by atoms with Gasteiger partial charge in [0.1, 0.15) is 5.76 Å². The topological polar surface area (TPSA) is 84.2 Å². The molecule has 0 radical (unpaired) electrons. The van der Waals surface area contributed by atoms with Gasteiger partial charge in [0.15, 0.2) is 5.76 Å². The number of nitrogens with zero attached hydrogens (tertiary/aromatic N) is 4. The summed E-state index contributed by atoms with van der Waals surface area (Å²) in [5.41, 5.74) is 1.88. The standard InChI is InChI=1S/C20H23N5O2S2/c1-12-18(29-13(2)22-12)16-6-8-21-20(24-16)25-9-7-14(10-25)23-19(26)17-5-4-15(27-17)11-28-3/h4-6,8,14H,7,9-11H2,1-3H3,(H,23,26). The molecule has 152 valence electrons. The zero-order valence-electron chi connectivity index (χ0n) is 16.6. The van der Waals surface area contributed by atoms with Crippen molar-refractivity contribution in [1.82, 2.24) is 20.3 Å². The average molecular weight is 430 g/mol. The quantitative estimate of drug-likeness (QED) is 0.640. The largest absolute Gasteiger partial charge is 0.455 e. The minimum Gasteiger partial charge on any atom is -0.455 e. The Morgan fingerprint density at radius 2 is 2.21 bits per heavy atom. The highest BCUT2D eigenvalue weighted by atomic mass is 32.2. The maximum absolute atomic E-state index is 12.5. The van der Waals surface area contributed by atoms with Gasteiger partial charge in [-0.15, -0.1) is 11.3 Å². The summed E-state index contributed by atoms with van der Waals surface area (Å²) < 4.78 is 5.61. The number of thiazole rings is 1. The van der Waals surface area contributed by atoms with Crippen LogP contribution in [-0.4, -0.2) is 46.2 Å². The van der Waals surface area contributed by atoms with Crippen molar-refractivity contribution in [2.45, 2.75) is 32.1 Å². The van der Waals surface area contributed by atoms with Crippen LogP contribution in [0.15, 0.2) is 28.8 Å². The van der Waals surface area contributed by atoms with E-state index in [-0.39, 0.29) is 11.9 Å². The summed E-state index contributed by atoms with van der Waals surface area (Å²) in [6.45, 7) is 5.47. The van der Waals surface area contributed by atoms with E-state index < -0.39 is 0 Å². The first-order chi connectivity index (χ1) is 14.0. The van der Waals surface area contributed by atoms with Crippen molar-refractivity contribution < 1.29 is 9.21 Å². The average Bonchev–Trinajstić information content (AvgIpc) is 3.43. The lowest BCUT2D eigenvalue weighted by Gasteiger charge is -2.17. The van der Waals surface area contributed by atoms with E-state index in [2.05, 4.69) is 20.2 Å². The highest BCUT2D eigenvalue weighted by Gasteiger charge is 2.27. The Labute approximate surface area is 178 Å². The predicted octanol–water partition coefficient (Wildman–Crippen LogP) is 3.68. The molecule has 3 aromatic rings. The number of nitrogens with one attached hydrogen (secondary N) is 1. The van der Waals surface area contributed by atoms with Crippen LogP contribution in [0.5, 0.6) is 0 Å². The molecule has 4 heterocycles. The van der Waals surface area contributed by atoms with Crippen molar-refractivity contribution in [3.05, 3.63) is 46.6 Å². The Morgan fingerprint density at radius 3 is 2.97 bits per heavy atom. The Bertz CT molecular complexity index is 1020. The van der Waals surface area contributed by atoms with E-state index in [1.807, 2.05) is 32.2 Å². The number of carbonyl (C=O) groups is 1. The number of aryl methyl sites for hydroxylation is 2. The Balaban J connectivity index is 1.41. The molecule has 1 saturated heterocycles. The molecule has 1 N–H and O–H groups in total. The van der Waals surface area contributed by atoms with Gasteiger partial charge in [0.25, 0.3) is 5.91 Å². The highest BCUT2D eigenvalue weighted by molar-refractivity contribution is 7.97. The normalized spacial score (nSPS) is 16.4. The summed E-state index contributed by atoms with van der Waals surface area (Å²) in [6, 6.07) is 5.55. The van der Waals surface area contributed by atoms with Gasteiger partial charge in [0.2, 0.25) is 5.95 Å². The number of hydrogen-bond acceptors (Lipinski definition) is 8. The zero-order chi connectivity index (χ0) is 20.4. The SMILES string of the molecule is CSCc1ccc(C(=O)NC2CCN(c3nccc(-c4sc(C)nc4C)n3)C2)o1. The van der Waals surface area contributed by atoms with E-state index >= 15 is 0 Å². The van der Waals surface area contributed by atoms with Gasteiger partial charge in [-0.1, -0.05) is 0 Å². The van der Waals surface area contributed by atoms with E-state index in [9.17, 15) is 4.79 Å². The van der Waals surface area contributed by atoms with Crippen LogP contribution >= 0.6 is 23.1 Å². The van der Waals surface area contributed by atoms with Gasteiger partial charge < -0.3 is 14.6 Å². The van der Waals surface area contributed by atoms with E-state index in [0.717, 1.165) is 45.8 Å². The lowest BCUT2D eigenvalue weighted by Crippen LogP contribution is -2.37. The van der Waals surface area contributed by atoms with Crippen LogP contribution in [-0.2, 0) is 5.75 Å². The monoisotopic (exact) mass is 429 g/mol. The third-order valence-electron chi connectivity index (χ3n) is 4.76. The molecule has 1 unspecified atom stereocenters. The van der Waals surface area contributed by atoms with Gasteiger partial charge in [0.05, 0.1) is 27.0 Å². The molecule has 0 aliphatic carbocycles. The number of furan rings is 1. The van der Waals surface area contributed by atoms with Gasteiger partial charge >= 0.3 is 0 Å². The molecule has 1 atom stereocenters. The minimum absolute atomic E-state index is 0.0382. The molecule has 3 aromatic heterocycles. The summed E-state index contributed by atoms with van der Waals surface area (Å²) >= 11 is 3.30. The maximum Gasteiger partial charge on any atom is 0.287 e. The number of aromatic nitrogens is 3. The molecular formula is C20H23N5O2S2. The number of carbonyl (C=O) groups excluding carboxylic acids is 1. The molecule has 0 bridgehead atoms. The zero-order valence-corrected chi connectivity index (χ0v) is 18.3. The molecule has 1 fully saturated rings. The van der Waals surface area contributed by atoms with Crippen molar-refractivity contribution in [3.63, 3.8) is 0 Å². The minimum atomic E-state index is -0.172. The van der Waals surface area contributed by atoms with Gasteiger partial charge in [-0.25, -0.2) is 15.0 Å². The fourth-order valence-corrected chi connectivity index (χ4v) is 4.76. The fraction of sp³-hybridized carbons (Fsp3) is 0.400. The van der Waals surface area contributed by atoms with E-state index in [0.29, 0.717) is 18.3 Å². The molecule has 9 heteroatoms. The molecule has 1 amide bonds. The summed E-state index contributed by atoms with van der Waals surface area (Å²) in [5.74, 6) is 2.45. The van der Waals surface area contributed by atoms with Crippen LogP contribution in [0.1, 0.15) is 33.4 Å². The Kier molecular flexibility index (Phi) is 5.86. The van der Waals surface area contributed by atoms with Crippen molar-refractivity contribution in [1.29, 1.82) is 0 Å². The predicted molar refractivity (Wildman–Crippen MR) is 117 cm³/mol. The molecule has 0 spiro atoms. The first-order valence-electron chi connectivity index (χ1n) is 9.44. The van der Waals surface area contributed by atoms with Crippen LogP contribution in [0.25, 0.3) is 10.6 Å². The summed E-state index contributed by atoms with van der Waals surface area (Å²) in [6.07, 6.45) is 4.63. The second-order valence-electron chi connectivity index (χ2n) is 6.99. The lowest BCUT2D eigenvalue weighted by molar-refractivity contribution is 0.0911. The number of hydrogen-bond donors (Lipinski definition) is 1. The van der Waals surface area contributed by atoms with E-state index in [1.165, 1.54) is 0 Å². The van der Waals surface area contributed by atoms with Crippen LogP contribution in [0.4, 0.5) is 5.95 Å². The summed E-state index contributed by atoms with van der Waals surface area (Å²) in [7, 11) is 0. The molecular weight excluding hydrogens is 406 g/mol. The second-order valence-corrected chi connectivity index (χ2v) is 9.06. The molecule has 0 aromatic carbocycles. The second kappa shape index (κ2) is 8.54. The van der Waals surface area contributed by atoms with Gasteiger partial charge in [-0.2, -0.15) is 11.8 Å². The van der Waals surface area contributed by atoms with Crippen LogP contribution in [0.3, 0.4) is 0 Å². The van der Waals surface area contributed by atoms with Crippen molar-refractivity contribution >= 4 is 35.0 Å². The van der Waals surface area contributed by atoms with Crippen molar-refractivity contribution in [3.8, 4) is 10.6 Å². The van der Waals surface area contributed by atoms with E-state index in [4.69, 9.17) is 9.40 Å². The van der Waals surface area contributed by atoms with Crippen LogP contribution in [0, 0.1) is 13.8 Å². The first-order valence-corrected chi connectivity index (χ1v) is 11.7. The molecule has 7 nitrogen and oxygen atoms in total. The summed E-state index contributed by atoms with van der Waals surface area (Å²) in [4.78, 5) is 29.3. The smallest absolute Gasteiger partial charge is 0.287 e. The molecule has 1 aliphatic rings. The van der Waals surface area contributed by atoms with Crippen molar-refractivity contribution in [2.75, 3.05) is 24.2 Å². The number of thioether (sulfide) groups is 1. The first kappa shape index (κ1) is 19.9. The fourth-order valence-electron chi connectivity index (χ4n) is 3.43. The van der Waals surface area contributed by atoms with E-state index in [1.54, 1.807) is 35.4 Å². The van der Waals surface area contributed by atoms with Crippen LogP contribution < -0.4 is 10.2 Å². The highest BCUT2D eigenvalue weighted by Crippen LogP contribution is 2.29. The Hall–Kier alpha value is -2.39. The third-order valence-corrected chi connectivity index (χ3v) is 6.43. The molecule has 0 saturated carbocycles. The van der Waals surface area contributed by atoms with Crippen LogP contribution in [0.2, 0.25) is 0 Å². The number of rotatable bonds is 6. The van der Waals surface area contributed by atoms with Gasteiger partial charge in [0, 0.05) is 25.3 Å². The lowest BCUT2D eigenvalue weighted by atomic mass is 10.2. The molecule has 29 heavy (non-hydrogen) atoms. The van der Waals surface area contributed by atoms with Crippen molar-refractivity contribution in [2.24, 2.45) is 0 Å². The summed E-state index contributed by atoms with van der Waals surface area (Å²) in [5, 5.41) is 4.09. The number of amides is 1. The molecule has 1 aliphatic heterocycles. The Morgan fingerprint density at radius 1 is 1.34 bits per heavy atom. The maximum atomic E-state index is 12.5.